The van der Waals surface area contributed by atoms with E-state index in [4.69, 9.17) is 0 Å². The number of nitrogens with one attached hydrogen (secondary N) is 1. The topological polar surface area (TPSA) is 49.4 Å². The van der Waals surface area contributed by atoms with Gasteiger partial charge in [-0.05, 0) is 43.4 Å². The molecule has 0 bridgehead atoms. The lowest BCUT2D eigenvalue weighted by Gasteiger charge is -2.33. The minimum Gasteiger partial charge on any atom is -0.345 e. The Hall–Kier alpha value is -2.21. The Kier molecular flexibility index (Phi) is 5.99. The number of likely N-dealkylation sites (tertiary alicyclic amines) is 1. The maximum atomic E-state index is 14.7. The normalized spacial score (nSPS) is 20.2. The number of hydrogen-bond donors (Lipinski definition) is 1. The van der Waals surface area contributed by atoms with Crippen molar-refractivity contribution in [3.8, 4) is 0 Å². The molecule has 2 aliphatic rings. The molecule has 4 rings (SSSR count). The Balaban J connectivity index is 1.54. The van der Waals surface area contributed by atoms with Crippen LogP contribution in [0.25, 0.3) is 0 Å². The Morgan fingerprint density at radius 2 is 1.83 bits per heavy atom. The minimum atomic E-state index is -0.577. The van der Waals surface area contributed by atoms with Gasteiger partial charge in [-0.15, -0.1) is 0 Å². The van der Waals surface area contributed by atoms with Gasteiger partial charge in [0.15, 0.2) is 0 Å². The fraction of sp³-hybridized carbons (Fsp3) is 0.391. The Morgan fingerprint density at radius 1 is 1.07 bits per heavy atom. The highest BCUT2D eigenvalue weighted by molar-refractivity contribution is 9.10. The quantitative estimate of drug-likeness (QED) is 0.719. The third-order valence-electron chi connectivity index (χ3n) is 5.72. The molecule has 1 saturated carbocycles. The summed E-state index contributed by atoms with van der Waals surface area (Å²) in [5.41, 5.74) is 1.25. The molecule has 29 heavy (non-hydrogen) atoms. The van der Waals surface area contributed by atoms with E-state index in [-0.39, 0.29) is 29.5 Å². The van der Waals surface area contributed by atoms with Crippen molar-refractivity contribution in [3.05, 3.63) is 69.9 Å². The first-order chi connectivity index (χ1) is 14.0. The van der Waals surface area contributed by atoms with E-state index in [0.29, 0.717) is 16.6 Å². The zero-order valence-corrected chi connectivity index (χ0v) is 17.7. The predicted molar refractivity (Wildman–Crippen MR) is 113 cm³/mol. The first-order valence-corrected chi connectivity index (χ1v) is 10.9. The van der Waals surface area contributed by atoms with Crippen LogP contribution in [-0.2, 0) is 9.59 Å². The van der Waals surface area contributed by atoms with E-state index in [1.807, 2.05) is 35.2 Å². The lowest BCUT2D eigenvalue weighted by Crippen LogP contribution is -2.46. The van der Waals surface area contributed by atoms with Gasteiger partial charge in [0.1, 0.15) is 5.82 Å². The molecule has 2 amide bonds. The fourth-order valence-electron chi connectivity index (χ4n) is 3.96. The average Bonchev–Trinajstić information content (AvgIpc) is 3.58. The van der Waals surface area contributed by atoms with Gasteiger partial charge in [0, 0.05) is 29.0 Å². The molecule has 0 spiro atoms. The number of piperidine rings is 1. The number of carbonyl (C=O) groups excluding carboxylic acids is 2. The first-order valence-electron chi connectivity index (χ1n) is 10.1. The van der Waals surface area contributed by atoms with E-state index < -0.39 is 6.04 Å². The van der Waals surface area contributed by atoms with Crippen LogP contribution in [0.1, 0.15) is 42.9 Å². The number of nitrogens with zero attached hydrogens (tertiary/aromatic N) is 1. The number of amides is 2. The Labute approximate surface area is 178 Å². The van der Waals surface area contributed by atoms with Crippen molar-refractivity contribution in [3.63, 3.8) is 0 Å². The van der Waals surface area contributed by atoms with Gasteiger partial charge in [-0.1, -0.05) is 52.3 Å². The van der Waals surface area contributed by atoms with Gasteiger partial charge in [-0.3, -0.25) is 9.59 Å². The van der Waals surface area contributed by atoms with Gasteiger partial charge < -0.3 is 10.2 Å². The molecular formula is C23H24BrFN2O2. The lowest BCUT2D eigenvalue weighted by molar-refractivity contribution is -0.136. The molecule has 2 aromatic carbocycles. The van der Waals surface area contributed by atoms with E-state index in [9.17, 15) is 14.0 Å². The second kappa shape index (κ2) is 8.66. The number of benzene rings is 2. The van der Waals surface area contributed by atoms with Gasteiger partial charge in [-0.25, -0.2) is 4.39 Å². The van der Waals surface area contributed by atoms with Gasteiger partial charge in [0.05, 0.1) is 12.0 Å². The molecule has 2 atom stereocenters. The highest BCUT2D eigenvalue weighted by atomic mass is 79.9. The van der Waals surface area contributed by atoms with E-state index >= 15 is 0 Å². The molecular weight excluding hydrogens is 435 g/mol. The summed E-state index contributed by atoms with van der Waals surface area (Å²) in [6.07, 6.45) is 3.49. The van der Waals surface area contributed by atoms with Gasteiger partial charge in [-0.2, -0.15) is 0 Å². The molecule has 6 heteroatoms. The second-order valence-electron chi connectivity index (χ2n) is 7.92. The monoisotopic (exact) mass is 458 g/mol. The zero-order valence-electron chi connectivity index (χ0n) is 16.1. The van der Waals surface area contributed by atoms with Gasteiger partial charge >= 0.3 is 0 Å². The van der Waals surface area contributed by atoms with Crippen molar-refractivity contribution < 1.29 is 14.0 Å². The summed E-state index contributed by atoms with van der Waals surface area (Å²) in [6.45, 7) is 1.17. The van der Waals surface area contributed by atoms with E-state index in [1.54, 1.807) is 12.1 Å². The molecule has 1 aliphatic carbocycles. The highest BCUT2D eigenvalue weighted by Crippen LogP contribution is 2.33. The van der Waals surface area contributed by atoms with Gasteiger partial charge in [0.25, 0.3) is 0 Å². The van der Waals surface area contributed by atoms with E-state index in [1.165, 1.54) is 6.07 Å². The molecule has 152 valence electrons. The van der Waals surface area contributed by atoms with Crippen molar-refractivity contribution in [2.24, 2.45) is 11.8 Å². The lowest BCUT2D eigenvalue weighted by atomic mass is 9.94. The molecule has 4 nitrogen and oxygen atoms in total. The summed E-state index contributed by atoms with van der Waals surface area (Å²) in [5.74, 6) is -0.430. The minimum absolute atomic E-state index is 0.130. The molecule has 2 aromatic rings. The van der Waals surface area contributed by atoms with Crippen molar-refractivity contribution in [2.45, 2.75) is 31.7 Å². The summed E-state index contributed by atoms with van der Waals surface area (Å²) in [6, 6.07) is 13.7. The maximum absolute atomic E-state index is 14.7. The SMILES string of the molecule is O=C(NC(c1ccccc1)c1ccc(Br)cc1F)C1CCCN(C(=O)C2CC2)C1. The number of hydrogen-bond acceptors (Lipinski definition) is 2. The summed E-state index contributed by atoms with van der Waals surface area (Å²) in [7, 11) is 0. The number of carbonyl (C=O) groups is 2. The Morgan fingerprint density at radius 3 is 2.52 bits per heavy atom. The summed E-state index contributed by atoms with van der Waals surface area (Å²) >= 11 is 3.29. The molecule has 1 N–H and O–H groups in total. The summed E-state index contributed by atoms with van der Waals surface area (Å²) < 4.78 is 15.4. The molecule has 1 saturated heterocycles. The predicted octanol–water partition coefficient (Wildman–Crippen LogP) is 4.44. The van der Waals surface area contributed by atoms with Crippen LogP contribution in [0.3, 0.4) is 0 Å². The first kappa shape index (κ1) is 20.1. The number of rotatable bonds is 5. The molecule has 1 aliphatic heterocycles. The summed E-state index contributed by atoms with van der Waals surface area (Å²) in [5, 5.41) is 3.05. The molecule has 2 fully saturated rings. The van der Waals surface area contributed by atoms with Crippen LogP contribution in [0, 0.1) is 17.7 Å². The van der Waals surface area contributed by atoms with Crippen LogP contribution >= 0.6 is 15.9 Å². The standard InChI is InChI=1S/C23H24BrFN2O2/c24-18-10-11-19(20(25)13-18)21(15-5-2-1-3-6-15)26-22(28)17-7-4-12-27(14-17)23(29)16-8-9-16/h1-3,5-6,10-11,13,16-17,21H,4,7-9,12,14H2,(H,26,28). The van der Waals surface area contributed by atoms with Crippen molar-refractivity contribution >= 4 is 27.7 Å². The second-order valence-corrected chi connectivity index (χ2v) is 8.83. The Bertz CT molecular complexity index is 901. The highest BCUT2D eigenvalue weighted by Gasteiger charge is 2.37. The van der Waals surface area contributed by atoms with E-state index in [0.717, 1.165) is 37.8 Å². The third kappa shape index (κ3) is 4.69. The summed E-state index contributed by atoms with van der Waals surface area (Å²) in [4.78, 5) is 27.4. The molecule has 2 unspecified atom stereocenters. The van der Waals surface area contributed by atoms with Crippen molar-refractivity contribution in [1.82, 2.24) is 10.2 Å². The van der Waals surface area contributed by atoms with Crippen LogP contribution < -0.4 is 5.32 Å². The fourth-order valence-corrected chi connectivity index (χ4v) is 4.29. The van der Waals surface area contributed by atoms with E-state index in [2.05, 4.69) is 21.2 Å². The molecule has 1 heterocycles. The van der Waals surface area contributed by atoms with Crippen LogP contribution in [0.5, 0.6) is 0 Å². The van der Waals surface area contributed by atoms with Crippen LogP contribution in [0.15, 0.2) is 53.0 Å². The largest absolute Gasteiger partial charge is 0.345 e. The van der Waals surface area contributed by atoms with Gasteiger partial charge in [0.2, 0.25) is 11.8 Å². The smallest absolute Gasteiger partial charge is 0.225 e. The maximum Gasteiger partial charge on any atom is 0.225 e. The number of halogens is 2. The van der Waals surface area contributed by atoms with Crippen LogP contribution in [-0.4, -0.2) is 29.8 Å². The molecule has 0 aromatic heterocycles. The van der Waals surface area contributed by atoms with Crippen molar-refractivity contribution in [2.75, 3.05) is 13.1 Å². The third-order valence-corrected chi connectivity index (χ3v) is 6.22. The van der Waals surface area contributed by atoms with Crippen LogP contribution in [0.4, 0.5) is 4.39 Å². The molecule has 0 radical (unpaired) electrons. The van der Waals surface area contributed by atoms with Crippen LogP contribution in [0.2, 0.25) is 0 Å². The van der Waals surface area contributed by atoms with Crippen molar-refractivity contribution in [1.29, 1.82) is 0 Å². The zero-order chi connectivity index (χ0) is 20.4. The average molecular weight is 459 g/mol.